The molecule has 2 N–H and O–H groups in total. The number of nitrogens with zero attached hydrogens (tertiary/aromatic N) is 3. The van der Waals surface area contributed by atoms with Crippen molar-refractivity contribution in [1.29, 1.82) is 0 Å². The lowest BCUT2D eigenvalue weighted by atomic mass is 9.56. The number of primary amides is 1. The first-order valence-corrected chi connectivity index (χ1v) is 9.50. The van der Waals surface area contributed by atoms with Gasteiger partial charge in [-0.1, -0.05) is 6.07 Å². The first kappa shape index (κ1) is 19.0. The monoisotopic (exact) mass is 396 g/mol. The maximum atomic E-state index is 12.6. The number of nitrogens with two attached hydrogens (primary N) is 1. The summed E-state index contributed by atoms with van der Waals surface area (Å²) >= 11 is 0. The first-order chi connectivity index (χ1) is 13.2. The fraction of sp³-hybridized carbons (Fsp3) is 0.632. The number of hydrogen-bond acceptors (Lipinski definition) is 3. The fourth-order valence-corrected chi connectivity index (χ4v) is 4.88. The number of rotatable bonds is 3. The predicted molar refractivity (Wildman–Crippen MR) is 93.9 cm³/mol. The van der Waals surface area contributed by atoms with E-state index in [4.69, 9.17) is 5.73 Å². The van der Waals surface area contributed by atoms with Crippen LogP contribution >= 0.6 is 0 Å². The average molecular weight is 396 g/mol. The number of halogens is 3. The number of hydrogen-bond donors (Lipinski definition) is 1. The minimum absolute atomic E-state index is 0.0234. The van der Waals surface area contributed by atoms with E-state index < -0.39 is 11.9 Å². The number of pyridine rings is 1. The number of amides is 3. The Morgan fingerprint density at radius 3 is 2.46 bits per heavy atom. The summed E-state index contributed by atoms with van der Waals surface area (Å²) in [5.74, 6) is -0.179. The van der Waals surface area contributed by atoms with E-state index >= 15 is 0 Å². The zero-order valence-electron chi connectivity index (χ0n) is 15.4. The molecule has 28 heavy (non-hydrogen) atoms. The van der Waals surface area contributed by atoms with Crippen LogP contribution in [-0.2, 0) is 17.4 Å². The van der Waals surface area contributed by atoms with Crippen molar-refractivity contribution < 1.29 is 22.8 Å². The second kappa shape index (κ2) is 6.63. The van der Waals surface area contributed by atoms with Crippen molar-refractivity contribution >= 4 is 11.9 Å². The zero-order chi connectivity index (χ0) is 20.1. The molecule has 0 aromatic carbocycles. The Morgan fingerprint density at radius 2 is 1.93 bits per heavy atom. The quantitative estimate of drug-likeness (QED) is 0.851. The van der Waals surface area contributed by atoms with Crippen molar-refractivity contribution in [3.63, 3.8) is 0 Å². The molecule has 3 fully saturated rings. The van der Waals surface area contributed by atoms with Gasteiger partial charge in [-0.05, 0) is 43.2 Å². The van der Waals surface area contributed by atoms with Gasteiger partial charge in [-0.25, -0.2) is 4.79 Å². The van der Waals surface area contributed by atoms with Crippen LogP contribution in [0.1, 0.15) is 30.5 Å². The molecule has 1 unspecified atom stereocenters. The van der Waals surface area contributed by atoms with E-state index in [0.29, 0.717) is 44.9 Å². The highest BCUT2D eigenvalue weighted by Crippen LogP contribution is 2.53. The van der Waals surface area contributed by atoms with Crippen LogP contribution in [0.15, 0.2) is 18.3 Å². The van der Waals surface area contributed by atoms with Crippen LogP contribution in [0.25, 0.3) is 0 Å². The van der Waals surface area contributed by atoms with Gasteiger partial charge in [-0.15, -0.1) is 0 Å². The van der Waals surface area contributed by atoms with Crippen molar-refractivity contribution in [2.75, 3.05) is 26.2 Å². The van der Waals surface area contributed by atoms with E-state index in [2.05, 4.69) is 4.98 Å². The lowest BCUT2D eigenvalue weighted by Gasteiger charge is -2.59. The molecule has 1 aliphatic carbocycles. The van der Waals surface area contributed by atoms with Gasteiger partial charge in [-0.2, -0.15) is 13.2 Å². The highest BCUT2D eigenvalue weighted by Gasteiger charge is 2.54. The Kier molecular flexibility index (Phi) is 4.50. The molecule has 9 heteroatoms. The van der Waals surface area contributed by atoms with E-state index in [-0.39, 0.29) is 23.3 Å². The zero-order valence-corrected chi connectivity index (χ0v) is 15.4. The number of likely N-dealkylation sites (tertiary alicyclic amines) is 2. The highest BCUT2D eigenvalue weighted by atomic mass is 19.4. The molecule has 3 aliphatic rings. The third-order valence-electron chi connectivity index (χ3n) is 6.27. The molecule has 1 atom stereocenters. The maximum Gasteiger partial charge on any atom is 0.433 e. The van der Waals surface area contributed by atoms with Gasteiger partial charge in [0.05, 0.1) is 5.92 Å². The smallest absolute Gasteiger partial charge is 0.369 e. The molecule has 2 aliphatic heterocycles. The number of aromatic nitrogens is 1. The molecule has 4 rings (SSSR count). The normalized spacial score (nSPS) is 24.2. The number of carbonyl (C=O) groups is 2. The molecule has 1 aromatic heterocycles. The predicted octanol–water partition coefficient (Wildman–Crippen LogP) is 2.28. The van der Waals surface area contributed by atoms with Crippen LogP contribution in [0.5, 0.6) is 0 Å². The van der Waals surface area contributed by atoms with E-state index in [9.17, 15) is 22.8 Å². The molecule has 152 valence electrons. The van der Waals surface area contributed by atoms with Gasteiger partial charge in [0.15, 0.2) is 0 Å². The van der Waals surface area contributed by atoms with Crippen molar-refractivity contribution in [3.8, 4) is 0 Å². The Hall–Kier alpha value is -2.32. The summed E-state index contributed by atoms with van der Waals surface area (Å²) < 4.78 is 37.7. The summed E-state index contributed by atoms with van der Waals surface area (Å²) in [5.41, 5.74) is 5.42. The topological polar surface area (TPSA) is 79.5 Å². The Labute approximate surface area is 160 Å². The maximum absolute atomic E-state index is 12.6. The van der Waals surface area contributed by atoms with E-state index in [1.54, 1.807) is 4.90 Å². The second-order valence-corrected chi connectivity index (χ2v) is 8.50. The van der Waals surface area contributed by atoms with E-state index in [1.807, 2.05) is 4.90 Å². The van der Waals surface area contributed by atoms with Crippen LogP contribution in [0.2, 0.25) is 0 Å². The summed E-state index contributed by atoms with van der Waals surface area (Å²) in [6, 6.07) is 2.51. The van der Waals surface area contributed by atoms with Gasteiger partial charge in [0.1, 0.15) is 5.69 Å². The third-order valence-corrected chi connectivity index (χ3v) is 6.27. The number of alkyl halides is 3. The summed E-state index contributed by atoms with van der Waals surface area (Å²) in [7, 11) is 0. The summed E-state index contributed by atoms with van der Waals surface area (Å²) in [6.45, 7) is 2.40. The summed E-state index contributed by atoms with van der Waals surface area (Å²) in [6.07, 6.45) is 0.195. The second-order valence-electron chi connectivity index (χ2n) is 8.50. The standard InChI is InChI=1S/C19H23F3N4O2/c20-19(21,22)15-2-1-12(8-24-15)5-13-6-18(7-13)10-26(11-18)17(28)25-4-3-14(9-25)16(23)27/h1-2,8,13-14H,3-7,9-11H2,(H2,23,27). The molecule has 2 saturated heterocycles. The SMILES string of the molecule is NC(=O)C1CCN(C(=O)N2CC3(CC(Cc4ccc(C(F)(F)F)nc4)C3)C2)C1. The third kappa shape index (κ3) is 3.54. The lowest BCUT2D eigenvalue weighted by molar-refractivity contribution is -0.141. The van der Waals surface area contributed by atoms with Gasteiger partial charge < -0.3 is 15.5 Å². The van der Waals surface area contributed by atoms with Crippen LogP contribution < -0.4 is 5.73 Å². The lowest BCUT2D eigenvalue weighted by Crippen LogP contribution is -2.65. The van der Waals surface area contributed by atoms with Crippen molar-refractivity contribution in [1.82, 2.24) is 14.8 Å². The van der Waals surface area contributed by atoms with Gasteiger partial charge in [0.25, 0.3) is 0 Å². The molecule has 1 aromatic rings. The minimum atomic E-state index is -4.41. The van der Waals surface area contributed by atoms with Crippen molar-refractivity contribution in [3.05, 3.63) is 29.6 Å². The highest BCUT2D eigenvalue weighted by molar-refractivity contribution is 5.80. The number of urea groups is 1. The Morgan fingerprint density at radius 1 is 1.21 bits per heavy atom. The summed E-state index contributed by atoms with van der Waals surface area (Å²) in [5, 5.41) is 0. The van der Waals surface area contributed by atoms with Crippen LogP contribution in [0.3, 0.4) is 0 Å². The molecular weight excluding hydrogens is 373 g/mol. The van der Waals surface area contributed by atoms with E-state index in [0.717, 1.165) is 24.5 Å². The molecular formula is C19H23F3N4O2. The van der Waals surface area contributed by atoms with Crippen molar-refractivity contribution in [2.24, 2.45) is 23.0 Å². The van der Waals surface area contributed by atoms with Crippen LogP contribution in [-0.4, -0.2) is 52.9 Å². The molecule has 6 nitrogen and oxygen atoms in total. The number of carbonyl (C=O) groups excluding carboxylic acids is 2. The molecule has 1 spiro atoms. The Balaban J connectivity index is 1.22. The van der Waals surface area contributed by atoms with E-state index in [1.165, 1.54) is 12.3 Å². The van der Waals surface area contributed by atoms with Gasteiger partial charge in [-0.3, -0.25) is 9.78 Å². The largest absolute Gasteiger partial charge is 0.433 e. The molecule has 1 saturated carbocycles. The molecule has 0 radical (unpaired) electrons. The summed E-state index contributed by atoms with van der Waals surface area (Å²) in [4.78, 5) is 30.8. The fourth-order valence-electron chi connectivity index (χ4n) is 4.88. The minimum Gasteiger partial charge on any atom is -0.369 e. The molecule has 0 bridgehead atoms. The Bertz CT molecular complexity index is 766. The van der Waals surface area contributed by atoms with Gasteiger partial charge in [0, 0.05) is 37.8 Å². The first-order valence-electron chi connectivity index (χ1n) is 9.50. The average Bonchev–Trinajstić information content (AvgIpc) is 3.05. The van der Waals surface area contributed by atoms with Crippen molar-refractivity contribution in [2.45, 2.75) is 31.9 Å². The van der Waals surface area contributed by atoms with Crippen LogP contribution in [0, 0.1) is 17.3 Å². The van der Waals surface area contributed by atoms with Gasteiger partial charge in [0.2, 0.25) is 5.91 Å². The van der Waals surface area contributed by atoms with Gasteiger partial charge >= 0.3 is 12.2 Å². The molecule has 3 amide bonds. The van der Waals surface area contributed by atoms with Crippen LogP contribution in [0.4, 0.5) is 18.0 Å². The molecule has 3 heterocycles.